The van der Waals surface area contributed by atoms with Crippen LogP contribution in [0.5, 0.6) is 0 Å². The van der Waals surface area contributed by atoms with E-state index in [1.165, 1.54) is 23.5 Å². The van der Waals surface area contributed by atoms with Crippen LogP contribution in [0.3, 0.4) is 0 Å². The van der Waals surface area contributed by atoms with Gasteiger partial charge in [0.15, 0.2) is 6.04 Å². The van der Waals surface area contributed by atoms with Crippen molar-refractivity contribution in [1.82, 2.24) is 14.7 Å². The van der Waals surface area contributed by atoms with Crippen LogP contribution in [0.4, 0.5) is 8.78 Å². The summed E-state index contributed by atoms with van der Waals surface area (Å²) in [5, 5.41) is 21.0. The van der Waals surface area contributed by atoms with Crippen LogP contribution < -0.4 is 0 Å². The highest BCUT2D eigenvalue weighted by Gasteiger charge is 2.35. The summed E-state index contributed by atoms with van der Waals surface area (Å²) >= 11 is 1.63. The molecule has 1 fully saturated rings. The van der Waals surface area contributed by atoms with Gasteiger partial charge in [0, 0.05) is 42.9 Å². The largest absolute Gasteiger partial charge is 0.479 e. The summed E-state index contributed by atoms with van der Waals surface area (Å²) in [7, 11) is 0. The molecule has 0 radical (unpaired) electrons. The van der Waals surface area contributed by atoms with Crippen molar-refractivity contribution in [2.75, 3.05) is 25.5 Å². The van der Waals surface area contributed by atoms with Crippen molar-refractivity contribution in [2.24, 2.45) is 5.41 Å². The van der Waals surface area contributed by atoms with E-state index in [0.29, 0.717) is 19.1 Å². The maximum absolute atomic E-state index is 12.7. The van der Waals surface area contributed by atoms with Crippen molar-refractivity contribution in [3.63, 3.8) is 0 Å². The Kier molecular flexibility index (Phi) is 10.4. The molecule has 3 aliphatic rings. The van der Waals surface area contributed by atoms with Crippen LogP contribution in [0.1, 0.15) is 60.8 Å². The molecule has 3 rings (SSSR count). The number of rotatable bonds is 6. The maximum atomic E-state index is 12.7. The lowest BCUT2D eigenvalue weighted by Crippen LogP contribution is -2.46. The number of thioether (sulfide) groups is 1. The van der Waals surface area contributed by atoms with Gasteiger partial charge in [-0.3, -0.25) is 4.79 Å². The second-order valence-electron chi connectivity index (χ2n) is 11.4. The number of nitrogens with zero attached hydrogens (tertiary/aromatic N) is 3. The molecule has 3 aliphatic heterocycles. The number of carboxylic acid groups (broad SMARTS) is 1. The van der Waals surface area contributed by atoms with E-state index >= 15 is 0 Å². The lowest BCUT2D eigenvalue weighted by Gasteiger charge is -2.36. The summed E-state index contributed by atoms with van der Waals surface area (Å²) in [6.45, 7) is 13.2. The van der Waals surface area contributed by atoms with E-state index in [4.69, 9.17) is 5.11 Å². The average Bonchev–Trinajstić information content (AvgIpc) is 3.18. The number of aliphatic carboxylic acids is 1. The van der Waals surface area contributed by atoms with Gasteiger partial charge in [-0.25, -0.2) is 13.6 Å². The number of carbonyl (C=O) groups is 2. The van der Waals surface area contributed by atoms with Gasteiger partial charge in [0.2, 0.25) is 0 Å². The number of carboxylic acids is 1. The van der Waals surface area contributed by atoms with Gasteiger partial charge in [-0.1, -0.05) is 26.8 Å². The molecule has 3 heterocycles. The molecular formula is C26H41F2N3O4S. The lowest BCUT2D eigenvalue weighted by atomic mass is 9.93. The molecule has 0 spiro atoms. The van der Waals surface area contributed by atoms with E-state index in [1.54, 1.807) is 31.8 Å². The zero-order chi connectivity index (χ0) is 27.3. The Bertz CT molecular complexity index is 877. The highest BCUT2D eigenvalue weighted by atomic mass is 32.2. The lowest BCUT2D eigenvalue weighted by molar-refractivity contribution is -0.142. The number of β-amino-alcohol motifs (C(OH)–C–C–N with tert-alkyl or cyclic N) is 1. The molecule has 204 valence electrons. The third-order valence-corrected chi connectivity index (χ3v) is 6.83. The Labute approximate surface area is 217 Å². The molecule has 0 aliphatic carbocycles. The van der Waals surface area contributed by atoms with Crippen LogP contribution in [-0.2, 0) is 9.59 Å². The van der Waals surface area contributed by atoms with E-state index in [1.807, 2.05) is 36.0 Å². The van der Waals surface area contributed by atoms with Crippen molar-refractivity contribution in [2.45, 2.75) is 84.9 Å². The molecule has 2 N–H and O–H groups in total. The average molecular weight is 530 g/mol. The minimum atomic E-state index is -2.75. The minimum absolute atomic E-state index is 0.126. The fourth-order valence-corrected chi connectivity index (χ4v) is 5.37. The summed E-state index contributed by atoms with van der Waals surface area (Å²) in [4.78, 5) is 29.2. The minimum Gasteiger partial charge on any atom is -0.479 e. The van der Waals surface area contributed by atoms with Gasteiger partial charge in [-0.2, -0.15) is 0 Å². The van der Waals surface area contributed by atoms with E-state index in [-0.39, 0.29) is 16.9 Å². The summed E-state index contributed by atoms with van der Waals surface area (Å²) < 4.78 is 25.5. The van der Waals surface area contributed by atoms with Gasteiger partial charge in [0.25, 0.3) is 12.3 Å². The molecule has 0 aromatic carbocycles. The third-order valence-electron chi connectivity index (χ3n) is 5.98. The summed E-state index contributed by atoms with van der Waals surface area (Å²) in [5.74, 6) is -0.362. The SMILES string of the molecule is CC(C)(C)CN1C=CC=C(C(F)F)C1C(=O)O.CC1CCCCN1C(=O)C1=CSCN1CC(C)(C)O. The highest BCUT2D eigenvalue weighted by molar-refractivity contribution is 8.02. The first-order chi connectivity index (χ1) is 16.6. The van der Waals surface area contributed by atoms with Crippen LogP contribution >= 0.6 is 11.8 Å². The molecule has 7 nitrogen and oxygen atoms in total. The summed E-state index contributed by atoms with van der Waals surface area (Å²) in [6, 6.07) is -0.934. The number of hydrogen-bond donors (Lipinski definition) is 2. The second kappa shape index (κ2) is 12.4. The molecule has 1 saturated heterocycles. The quantitative estimate of drug-likeness (QED) is 0.524. The number of hydrogen-bond acceptors (Lipinski definition) is 6. The number of aliphatic hydroxyl groups is 1. The molecule has 1 amide bonds. The fourth-order valence-electron chi connectivity index (χ4n) is 4.48. The van der Waals surface area contributed by atoms with Crippen molar-refractivity contribution < 1.29 is 28.6 Å². The number of allylic oxidation sites excluding steroid dienone is 2. The standard InChI is InChI=1S/C14H24N2O2S.C12H17F2NO2/c1-11-6-4-5-7-16(11)13(17)12-8-19-10-15(12)9-14(2,3)18;1-12(2,3)7-15-6-4-5-8(10(13)14)9(15)11(16)17/h8,11,18H,4-7,9-10H2,1-3H3;4-6,9-10H,7H2,1-3H3,(H,16,17). The molecule has 0 aromatic rings. The van der Waals surface area contributed by atoms with Crippen molar-refractivity contribution in [3.8, 4) is 0 Å². The Morgan fingerprint density at radius 3 is 2.36 bits per heavy atom. The van der Waals surface area contributed by atoms with Crippen LogP contribution in [0, 0.1) is 5.41 Å². The second-order valence-corrected chi connectivity index (χ2v) is 12.3. The van der Waals surface area contributed by atoms with Gasteiger partial charge in [0.05, 0.1) is 11.5 Å². The smallest absolute Gasteiger partial charge is 0.330 e. The number of carbonyl (C=O) groups excluding carboxylic acids is 1. The number of piperidine rings is 1. The molecule has 10 heteroatoms. The maximum Gasteiger partial charge on any atom is 0.330 e. The van der Waals surface area contributed by atoms with Gasteiger partial charge in [0.1, 0.15) is 5.70 Å². The zero-order valence-electron chi connectivity index (χ0n) is 22.2. The van der Waals surface area contributed by atoms with E-state index in [0.717, 1.165) is 31.0 Å². The zero-order valence-corrected chi connectivity index (χ0v) is 23.0. The number of halogens is 2. The molecule has 0 saturated carbocycles. The predicted molar refractivity (Wildman–Crippen MR) is 139 cm³/mol. The molecule has 0 aromatic heterocycles. The first-order valence-corrected chi connectivity index (χ1v) is 13.4. The Morgan fingerprint density at radius 1 is 1.17 bits per heavy atom. The monoisotopic (exact) mass is 529 g/mol. The van der Waals surface area contributed by atoms with E-state index < -0.39 is 24.0 Å². The highest BCUT2D eigenvalue weighted by Crippen LogP contribution is 2.29. The molecule has 2 atom stereocenters. The van der Waals surface area contributed by atoms with E-state index in [2.05, 4.69) is 6.92 Å². The van der Waals surface area contributed by atoms with Crippen LogP contribution in [0.25, 0.3) is 0 Å². The Hall–Kier alpha value is -2.07. The topological polar surface area (TPSA) is 84.3 Å². The Balaban J connectivity index is 0.000000255. The van der Waals surface area contributed by atoms with E-state index in [9.17, 15) is 23.5 Å². The Morgan fingerprint density at radius 2 is 1.83 bits per heavy atom. The van der Waals surface area contributed by atoms with Gasteiger partial charge in [-0.15, -0.1) is 11.8 Å². The molecular weight excluding hydrogens is 488 g/mol. The third kappa shape index (κ3) is 8.80. The van der Waals surface area contributed by atoms with Crippen molar-refractivity contribution >= 4 is 23.6 Å². The molecule has 2 unspecified atom stereocenters. The number of alkyl halides is 2. The van der Waals surface area contributed by atoms with Gasteiger partial charge >= 0.3 is 5.97 Å². The first kappa shape index (κ1) is 30.2. The van der Waals surface area contributed by atoms with Gasteiger partial charge in [-0.05, 0) is 51.5 Å². The summed E-state index contributed by atoms with van der Waals surface area (Å²) in [6.07, 6.45) is 4.86. The number of amides is 1. The summed E-state index contributed by atoms with van der Waals surface area (Å²) in [5.41, 5.74) is -0.550. The fraction of sp³-hybridized carbons (Fsp3) is 0.692. The van der Waals surface area contributed by atoms with Gasteiger partial charge < -0.3 is 24.9 Å². The number of likely N-dealkylation sites (tertiary alicyclic amines) is 1. The van der Waals surface area contributed by atoms with Crippen molar-refractivity contribution in [3.05, 3.63) is 35.0 Å². The molecule has 36 heavy (non-hydrogen) atoms. The molecule has 0 bridgehead atoms. The predicted octanol–water partition coefficient (Wildman–Crippen LogP) is 4.51. The normalized spacial score (nSPS) is 22.8. The van der Waals surface area contributed by atoms with Crippen LogP contribution in [0.15, 0.2) is 35.0 Å². The first-order valence-electron chi connectivity index (χ1n) is 12.4. The van der Waals surface area contributed by atoms with Crippen molar-refractivity contribution in [1.29, 1.82) is 0 Å². The van der Waals surface area contributed by atoms with Crippen LogP contribution in [0.2, 0.25) is 0 Å². The van der Waals surface area contributed by atoms with Crippen LogP contribution in [-0.4, -0.2) is 86.4 Å².